The number of hydrogen-bond donors (Lipinski definition) is 1. The van der Waals surface area contributed by atoms with Crippen molar-refractivity contribution in [3.05, 3.63) is 10.4 Å². The Hall–Kier alpha value is -1.42. The molecule has 0 radical (unpaired) electrons. The second-order valence-electron chi connectivity index (χ2n) is 3.56. The highest BCUT2D eigenvalue weighted by molar-refractivity contribution is 5.65. The first-order valence-corrected chi connectivity index (χ1v) is 3.91. The van der Waals surface area contributed by atoms with Crippen LogP contribution in [0.5, 0.6) is 0 Å². The number of carbonyl (C=O) groups is 1. The van der Waals surface area contributed by atoms with Gasteiger partial charge in [0.05, 0.1) is 0 Å². The van der Waals surface area contributed by atoms with Gasteiger partial charge in [-0.1, -0.05) is 5.11 Å². The van der Waals surface area contributed by atoms with Crippen molar-refractivity contribution in [2.75, 3.05) is 13.1 Å². The van der Waals surface area contributed by atoms with Crippen LogP contribution in [0.2, 0.25) is 0 Å². The monoisotopic (exact) mass is 186 g/mol. The lowest BCUT2D eigenvalue weighted by Gasteiger charge is -2.32. The minimum absolute atomic E-state index is 0.167. The summed E-state index contributed by atoms with van der Waals surface area (Å²) in [6.45, 7) is 5.76. The number of amides is 1. The van der Waals surface area contributed by atoms with Crippen molar-refractivity contribution < 1.29 is 9.90 Å². The molecule has 74 valence electrons. The second-order valence-corrected chi connectivity index (χ2v) is 3.56. The lowest BCUT2D eigenvalue weighted by Crippen LogP contribution is -2.46. The van der Waals surface area contributed by atoms with E-state index >= 15 is 0 Å². The molecular weight excluding hydrogens is 172 g/mol. The first-order valence-electron chi connectivity index (χ1n) is 3.91. The third-order valence-corrected chi connectivity index (χ3v) is 1.53. The van der Waals surface area contributed by atoms with Crippen LogP contribution in [0.25, 0.3) is 10.4 Å². The zero-order chi connectivity index (χ0) is 10.5. The molecule has 1 N–H and O–H groups in total. The standard InChI is InChI=1S/C7H14N4O2/c1-7(2,3)11(6(12)13)5-4-9-10-8/h4-5H2,1-3H3,(H,12,13). The number of hydrogen-bond acceptors (Lipinski definition) is 2. The van der Waals surface area contributed by atoms with Crippen molar-refractivity contribution in [1.82, 2.24) is 4.90 Å². The summed E-state index contributed by atoms with van der Waals surface area (Å²) in [4.78, 5) is 14.5. The van der Waals surface area contributed by atoms with E-state index in [9.17, 15) is 4.79 Å². The van der Waals surface area contributed by atoms with Crippen LogP contribution in [-0.2, 0) is 0 Å². The first kappa shape index (κ1) is 11.6. The summed E-state index contributed by atoms with van der Waals surface area (Å²) < 4.78 is 0. The Morgan fingerprint density at radius 2 is 2.15 bits per heavy atom. The number of carboxylic acid groups (broad SMARTS) is 1. The fourth-order valence-electron chi connectivity index (χ4n) is 0.907. The van der Waals surface area contributed by atoms with E-state index in [1.54, 1.807) is 20.8 Å². The fraction of sp³-hybridized carbons (Fsp3) is 0.857. The Bertz CT molecular complexity index is 227. The maximum atomic E-state index is 10.7. The second kappa shape index (κ2) is 4.57. The Morgan fingerprint density at radius 1 is 1.62 bits per heavy atom. The molecular formula is C7H14N4O2. The van der Waals surface area contributed by atoms with Gasteiger partial charge in [0.15, 0.2) is 0 Å². The van der Waals surface area contributed by atoms with Gasteiger partial charge in [0.1, 0.15) is 0 Å². The van der Waals surface area contributed by atoms with E-state index < -0.39 is 11.6 Å². The van der Waals surface area contributed by atoms with Crippen molar-refractivity contribution in [2.45, 2.75) is 26.3 Å². The predicted octanol–water partition coefficient (Wildman–Crippen LogP) is 2.08. The average molecular weight is 186 g/mol. The molecule has 0 saturated heterocycles. The fourth-order valence-corrected chi connectivity index (χ4v) is 0.907. The van der Waals surface area contributed by atoms with Crippen LogP contribution >= 0.6 is 0 Å². The van der Waals surface area contributed by atoms with Crippen LogP contribution < -0.4 is 0 Å². The molecule has 0 bridgehead atoms. The zero-order valence-corrected chi connectivity index (χ0v) is 8.06. The molecule has 0 aromatic rings. The normalized spacial score (nSPS) is 10.4. The minimum Gasteiger partial charge on any atom is -0.465 e. The number of rotatable bonds is 3. The number of nitrogens with zero attached hydrogens (tertiary/aromatic N) is 4. The SMILES string of the molecule is CC(C)(C)N(CCN=[N+]=[N-])C(=O)O. The highest BCUT2D eigenvalue weighted by Gasteiger charge is 2.24. The molecule has 0 heterocycles. The first-order chi connectivity index (χ1) is 5.89. The van der Waals surface area contributed by atoms with Gasteiger partial charge < -0.3 is 10.0 Å². The van der Waals surface area contributed by atoms with E-state index in [0.717, 1.165) is 0 Å². The molecule has 6 heteroatoms. The van der Waals surface area contributed by atoms with E-state index in [1.807, 2.05) is 0 Å². The van der Waals surface area contributed by atoms with Crippen molar-refractivity contribution >= 4 is 6.09 Å². The van der Waals surface area contributed by atoms with E-state index in [-0.39, 0.29) is 13.1 Å². The largest absolute Gasteiger partial charge is 0.465 e. The van der Waals surface area contributed by atoms with Crippen molar-refractivity contribution in [3.8, 4) is 0 Å². The highest BCUT2D eigenvalue weighted by atomic mass is 16.4. The molecule has 0 aromatic heterocycles. The maximum absolute atomic E-state index is 10.7. The van der Waals surface area contributed by atoms with Gasteiger partial charge in [-0.05, 0) is 26.3 Å². The molecule has 0 fully saturated rings. The molecule has 0 spiro atoms. The van der Waals surface area contributed by atoms with Crippen LogP contribution in [0.3, 0.4) is 0 Å². The molecule has 0 aliphatic heterocycles. The number of azide groups is 1. The van der Waals surface area contributed by atoms with Crippen LogP contribution in [0.4, 0.5) is 4.79 Å². The topological polar surface area (TPSA) is 89.3 Å². The van der Waals surface area contributed by atoms with Crippen molar-refractivity contribution in [1.29, 1.82) is 0 Å². The van der Waals surface area contributed by atoms with Crippen molar-refractivity contribution in [2.24, 2.45) is 5.11 Å². The van der Waals surface area contributed by atoms with E-state index in [4.69, 9.17) is 10.6 Å². The van der Waals surface area contributed by atoms with Crippen LogP contribution in [0, 0.1) is 0 Å². The molecule has 0 rings (SSSR count). The van der Waals surface area contributed by atoms with Gasteiger partial charge in [-0.3, -0.25) is 0 Å². The molecule has 0 saturated carbocycles. The van der Waals surface area contributed by atoms with Crippen LogP contribution in [0.1, 0.15) is 20.8 Å². The summed E-state index contributed by atoms with van der Waals surface area (Å²) in [6.07, 6.45) is -0.999. The molecule has 0 atom stereocenters. The zero-order valence-electron chi connectivity index (χ0n) is 8.06. The minimum atomic E-state index is -0.999. The highest BCUT2D eigenvalue weighted by Crippen LogP contribution is 2.12. The lowest BCUT2D eigenvalue weighted by molar-refractivity contribution is 0.102. The van der Waals surface area contributed by atoms with Gasteiger partial charge in [0.25, 0.3) is 0 Å². The van der Waals surface area contributed by atoms with Gasteiger partial charge >= 0.3 is 6.09 Å². The maximum Gasteiger partial charge on any atom is 0.407 e. The summed E-state index contributed by atoms with van der Waals surface area (Å²) >= 11 is 0. The van der Waals surface area contributed by atoms with Crippen LogP contribution in [-0.4, -0.2) is 34.7 Å². The molecule has 0 aliphatic rings. The van der Waals surface area contributed by atoms with E-state index in [0.29, 0.717) is 0 Å². The molecule has 1 amide bonds. The summed E-state index contributed by atoms with van der Waals surface area (Å²) in [5.41, 5.74) is 7.55. The summed E-state index contributed by atoms with van der Waals surface area (Å²) in [6, 6.07) is 0. The van der Waals surface area contributed by atoms with Gasteiger partial charge in [-0.25, -0.2) is 4.79 Å². The molecule has 0 aliphatic carbocycles. The van der Waals surface area contributed by atoms with Gasteiger partial charge in [-0.15, -0.1) is 0 Å². The molecule has 13 heavy (non-hydrogen) atoms. The van der Waals surface area contributed by atoms with Gasteiger partial charge in [-0.2, -0.15) is 0 Å². The van der Waals surface area contributed by atoms with E-state index in [2.05, 4.69) is 10.0 Å². The molecule has 0 unspecified atom stereocenters. The van der Waals surface area contributed by atoms with Crippen LogP contribution in [0.15, 0.2) is 5.11 Å². The Labute approximate surface area is 76.8 Å². The Balaban J connectivity index is 4.28. The predicted molar refractivity (Wildman–Crippen MR) is 48.5 cm³/mol. The smallest absolute Gasteiger partial charge is 0.407 e. The van der Waals surface area contributed by atoms with E-state index in [1.165, 1.54) is 4.90 Å². The van der Waals surface area contributed by atoms with Gasteiger partial charge in [0.2, 0.25) is 0 Å². The summed E-state index contributed by atoms with van der Waals surface area (Å²) in [5, 5.41) is 12.1. The molecule has 6 nitrogen and oxygen atoms in total. The lowest BCUT2D eigenvalue weighted by atomic mass is 10.1. The third-order valence-electron chi connectivity index (χ3n) is 1.53. The molecule has 0 aromatic carbocycles. The quantitative estimate of drug-likeness (QED) is 0.415. The third kappa shape index (κ3) is 4.22. The average Bonchev–Trinajstić information content (AvgIpc) is 1.94. The summed E-state index contributed by atoms with van der Waals surface area (Å²) in [7, 11) is 0. The van der Waals surface area contributed by atoms with Crippen molar-refractivity contribution in [3.63, 3.8) is 0 Å². The van der Waals surface area contributed by atoms with Gasteiger partial charge in [0, 0.05) is 23.5 Å². The summed E-state index contributed by atoms with van der Waals surface area (Å²) in [5.74, 6) is 0. The Kier molecular flexibility index (Phi) is 4.07. The Morgan fingerprint density at radius 3 is 2.46 bits per heavy atom.